The molecule has 4 atom stereocenters. The van der Waals surface area contributed by atoms with Crippen LogP contribution in [0.3, 0.4) is 0 Å². The van der Waals surface area contributed by atoms with E-state index in [0.717, 1.165) is 12.1 Å². The fourth-order valence-corrected chi connectivity index (χ4v) is 5.94. The van der Waals surface area contributed by atoms with E-state index in [1.165, 1.54) is 36.4 Å². The van der Waals surface area contributed by atoms with Gasteiger partial charge in [0.15, 0.2) is 0 Å². The number of hydrogen-bond donors (Lipinski definition) is 12. The van der Waals surface area contributed by atoms with Crippen LogP contribution in [-0.4, -0.2) is 127 Å². The number of aliphatic hydroxyl groups excluding tert-OH is 4. The van der Waals surface area contributed by atoms with Gasteiger partial charge in [0.2, 0.25) is 35.7 Å². The Hall–Kier alpha value is -5.34. The number of anilines is 8. The maximum atomic E-state index is 12.5. The molecule has 2 aromatic heterocycles. The lowest BCUT2D eigenvalue weighted by Gasteiger charge is -2.14. The molecule has 304 valence electrons. The van der Waals surface area contributed by atoms with Gasteiger partial charge in [-0.25, -0.2) is 0 Å². The van der Waals surface area contributed by atoms with Crippen molar-refractivity contribution in [3.05, 3.63) is 47.5 Å². The number of aliphatic hydroxyl groups is 4. The maximum absolute atomic E-state index is 12.5. The molecule has 0 saturated carbocycles. The second-order valence-corrected chi connectivity index (χ2v) is 15.4. The van der Waals surface area contributed by atoms with E-state index >= 15 is 0 Å². The van der Waals surface area contributed by atoms with E-state index in [0.29, 0.717) is 0 Å². The summed E-state index contributed by atoms with van der Waals surface area (Å²) < 4.78 is 70.3. The van der Waals surface area contributed by atoms with Crippen molar-refractivity contribution in [2.45, 2.75) is 61.9 Å². The van der Waals surface area contributed by atoms with Crippen molar-refractivity contribution in [1.29, 1.82) is 0 Å². The first-order chi connectivity index (χ1) is 26.2. The third-order valence-electron chi connectivity index (χ3n) is 7.03. The Balaban J connectivity index is 1.65. The molecule has 4 aromatic rings. The van der Waals surface area contributed by atoms with Crippen LogP contribution in [0, 0.1) is 0 Å². The van der Waals surface area contributed by atoms with Crippen LogP contribution >= 0.6 is 0 Å². The van der Waals surface area contributed by atoms with E-state index in [9.17, 15) is 46.4 Å². The van der Waals surface area contributed by atoms with Gasteiger partial charge in [-0.3, -0.25) is 9.11 Å². The monoisotopic (exact) mass is 820 g/mol. The van der Waals surface area contributed by atoms with Crippen LogP contribution in [0.2, 0.25) is 0 Å². The van der Waals surface area contributed by atoms with Crippen LogP contribution < -0.4 is 31.9 Å². The summed E-state index contributed by atoms with van der Waals surface area (Å²) in [5, 5.41) is 55.6. The minimum Gasteiger partial charge on any atom is -0.392 e. The van der Waals surface area contributed by atoms with Crippen LogP contribution in [0.15, 0.2) is 46.2 Å². The van der Waals surface area contributed by atoms with Crippen LogP contribution in [0.5, 0.6) is 0 Å². The highest BCUT2D eigenvalue weighted by Gasteiger charge is 2.19. The topological polar surface area (TPSA) is 339 Å². The predicted molar refractivity (Wildman–Crippen MR) is 208 cm³/mol. The molecule has 0 fully saturated rings. The van der Waals surface area contributed by atoms with Gasteiger partial charge in [0, 0.05) is 37.6 Å². The first kappa shape index (κ1) is 43.4. The molecule has 22 nitrogen and oxygen atoms in total. The van der Waals surface area contributed by atoms with Crippen molar-refractivity contribution in [2.24, 2.45) is 0 Å². The molecule has 0 amide bonds. The van der Waals surface area contributed by atoms with E-state index in [1.807, 2.05) is 0 Å². The summed E-state index contributed by atoms with van der Waals surface area (Å²) in [6.45, 7) is 6.58. The summed E-state index contributed by atoms with van der Waals surface area (Å²) in [6, 6.07) is 7.68. The Labute approximate surface area is 322 Å². The predicted octanol–water partition coefficient (Wildman–Crippen LogP) is 1.38. The zero-order valence-corrected chi connectivity index (χ0v) is 32.2. The Morgan fingerprint density at radius 3 is 1.02 bits per heavy atom. The van der Waals surface area contributed by atoms with E-state index in [2.05, 4.69) is 61.8 Å². The fourth-order valence-electron chi connectivity index (χ4n) is 4.52. The lowest BCUT2D eigenvalue weighted by atomic mass is 10.1. The van der Waals surface area contributed by atoms with Gasteiger partial charge in [0.25, 0.3) is 20.2 Å². The fraction of sp³-hybridized carbons (Fsp3) is 0.375. The van der Waals surface area contributed by atoms with Crippen molar-refractivity contribution in [3.8, 4) is 0 Å². The zero-order valence-electron chi connectivity index (χ0n) is 30.6. The molecule has 4 unspecified atom stereocenters. The molecular formula is C32H44N12O10S2. The van der Waals surface area contributed by atoms with Gasteiger partial charge >= 0.3 is 0 Å². The van der Waals surface area contributed by atoms with Crippen molar-refractivity contribution < 1.29 is 46.4 Å². The van der Waals surface area contributed by atoms with Crippen LogP contribution in [0.4, 0.5) is 47.1 Å². The Bertz CT molecular complexity index is 2010. The average molecular weight is 821 g/mol. The lowest BCUT2D eigenvalue weighted by Crippen LogP contribution is -2.20. The molecule has 2 aromatic carbocycles. The second-order valence-electron chi connectivity index (χ2n) is 12.6. The summed E-state index contributed by atoms with van der Waals surface area (Å²) in [5.41, 5.74) is 0.111. The molecular weight excluding hydrogens is 777 g/mol. The quantitative estimate of drug-likeness (QED) is 0.0442. The van der Waals surface area contributed by atoms with Crippen molar-refractivity contribution >= 4 is 79.5 Å². The van der Waals surface area contributed by atoms with Crippen LogP contribution in [0.1, 0.15) is 38.8 Å². The van der Waals surface area contributed by atoms with Crippen molar-refractivity contribution in [3.63, 3.8) is 0 Å². The van der Waals surface area contributed by atoms with Gasteiger partial charge in [-0.05, 0) is 63.1 Å². The van der Waals surface area contributed by atoms with Crippen molar-refractivity contribution in [1.82, 2.24) is 29.9 Å². The Kier molecular flexibility index (Phi) is 14.7. The number of hydrogen-bond acceptors (Lipinski definition) is 20. The summed E-state index contributed by atoms with van der Waals surface area (Å²) in [5.74, 6) is 0.0967. The normalized spacial score (nSPS) is 14.1. The number of rotatable bonds is 20. The van der Waals surface area contributed by atoms with E-state index in [4.69, 9.17) is 0 Å². The molecule has 0 spiro atoms. The minimum absolute atomic E-state index is 0.0548. The molecule has 0 aliphatic heterocycles. The SMILES string of the molecule is CC(O)CNc1nc(NCC(C)O)nc(Nc2ccc(/C=C/c3ccc(Nc4nc(NCC(C)O)nc(NCC(C)O)n4)cc3S(=O)(=O)O)c(S(=O)(=O)O)c2)n1. The zero-order chi connectivity index (χ0) is 41.2. The molecule has 24 heteroatoms. The third kappa shape index (κ3) is 13.7. The summed E-state index contributed by atoms with van der Waals surface area (Å²) in [7, 11) is -9.74. The second kappa shape index (κ2) is 19.0. The lowest BCUT2D eigenvalue weighted by molar-refractivity contribution is 0.207. The van der Waals surface area contributed by atoms with Gasteiger partial charge in [-0.15, -0.1) is 0 Å². The summed E-state index contributed by atoms with van der Waals surface area (Å²) in [4.78, 5) is 24.1. The summed E-state index contributed by atoms with van der Waals surface area (Å²) in [6.07, 6.45) is -0.520. The van der Waals surface area contributed by atoms with Gasteiger partial charge < -0.3 is 52.3 Å². The Morgan fingerprint density at radius 1 is 0.500 bits per heavy atom. The number of nitrogens with one attached hydrogen (secondary N) is 6. The highest BCUT2D eigenvalue weighted by Crippen LogP contribution is 2.28. The van der Waals surface area contributed by atoms with E-state index in [-0.39, 0.29) is 84.4 Å². The number of aromatic nitrogens is 6. The number of nitrogens with zero attached hydrogens (tertiary/aromatic N) is 6. The first-order valence-corrected chi connectivity index (χ1v) is 19.8. The molecule has 56 heavy (non-hydrogen) atoms. The summed E-state index contributed by atoms with van der Waals surface area (Å²) >= 11 is 0. The highest BCUT2D eigenvalue weighted by atomic mass is 32.2. The standard InChI is InChI=1S/C32H44N12O10S2/c1-17(45)13-33-27-39-28(34-14-18(2)46)42-31(41-27)37-23-9-7-21(25(11-23)55(49,50)51)5-6-22-8-10-24(12-26(22)56(52,53)54)38-32-43-29(35-15-19(3)47)40-30(44-32)36-16-20(4)48/h5-12,17-20,45-48H,13-16H2,1-4H3,(H,49,50,51)(H,52,53,54)(H3,33,34,37,39,41,42)(H3,35,36,38,40,43,44)/b6-5+. The molecule has 4 rings (SSSR count). The van der Waals surface area contributed by atoms with Gasteiger partial charge in [-0.2, -0.15) is 46.7 Å². The largest absolute Gasteiger partial charge is 0.392 e. The van der Waals surface area contributed by atoms with Gasteiger partial charge in [0.05, 0.1) is 24.4 Å². The third-order valence-corrected chi connectivity index (χ3v) is 8.85. The Morgan fingerprint density at radius 2 is 0.768 bits per heavy atom. The molecule has 0 aliphatic carbocycles. The molecule has 0 bridgehead atoms. The van der Waals surface area contributed by atoms with Gasteiger partial charge in [0.1, 0.15) is 9.79 Å². The molecule has 0 aliphatic rings. The average Bonchev–Trinajstić information content (AvgIpc) is 3.10. The molecule has 12 N–H and O–H groups in total. The number of benzene rings is 2. The first-order valence-electron chi connectivity index (χ1n) is 16.9. The molecule has 0 radical (unpaired) electrons. The smallest absolute Gasteiger partial charge is 0.295 e. The molecule has 2 heterocycles. The van der Waals surface area contributed by atoms with E-state index < -0.39 is 54.4 Å². The molecule has 0 saturated heterocycles. The van der Waals surface area contributed by atoms with Crippen molar-refractivity contribution in [2.75, 3.05) is 58.1 Å². The van der Waals surface area contributed by atoms with E-state index in [1.54, 1.807) is 27.7 Å². The minimum atomic E-state index is -4.87. The maximum Gasteiger partial charge on any atom is 0.295 e. The van der Waals surface area contributed by atoms with Crippen LogP contribution in [-0.2, 0) is 20.2 Å². The highest BCUT2D eigenvalue weighted by molar-refractivity contribution is 7.86. The van der Waals surface area contributed by atoms with Crippen LogP contribution in [0.25, 0.3) is 12.2 Å². The van der Waals surface area contributed by atoms with Gasteiger partial charge in [-0.1, -0.05) is 24.3 Å².